The van der Waals surface area contributed by atoms with Crippen LogP contribution in [0.5, 0.6) is 11.5 Å². The predicted octanol–water partition coefficient (Wildman–Crippen LogP) is 3.03. The molecule has 0 spiro atoms. The van der Waals surface area contributed by atoms with Crippen LogP contribution in [0.2, 0.25) is 0 Å². The number of pyridine rings is 1. The highest BCUT2D eigenvalue weighted by molar-refractivity contribution is 5.96. The van der Waals surface area contributed by atoms with Crippen LogP contribution < -0.4 is 15.2 Å². The lowest BCUT2D eigenvalue weighted by molar-refractivity contribution is 0.0643. The van der Waals surface area contributed by atoms with E-state index in [9.17, 15) is 14.7 Å². The number of ether oxygens (including phenoxy) is 1. The summed E-state index contributed by atoms with van der Waals surface area (Å²) >= 11 is 0. The summed E-state index contributed by atoms with van der Waals surface area (Å²) in [6.45, 7) is 2.53. The van der Waals surface area contributed by atoms with Gasteiger partial charge >= 0.3 is 0 Å². The summed E-state index contributed by atoms with van der Waals surface area (Å²) in [5.41, 5.74) is 1.28. The number of benzene rings is 2. The van der Waals surface area contributed by atoms with Gasteiger partial charge in [-0.25, -0.2) is 0 Å². The molecule has 2 aliphatic heterocycles. The highest BCUT2D eigenvalue weighted by atomic mass is 16.5. The fraction of sp³-hybridized carbons (Fsp3) is 0.200. The van der Waals surface area contributed by atoms with Crippen LogP contribution in [0.25, 0.3) is 0 Å². The van der Waals surface area contributed by atoms with E-state index in [4.69, 9.17) is 4.74 Å². The number of hydrogen-bond acceptors (Lipinski definition) is 5. The van der Waals surface area contributed by atoms with Crippen LogP contribution in [-0.2, 0) is 0 Å². The molecule has 0 radical (unpaired) electrons. The predicted molar refractivity (Wildman–Crippen MR) is 120 cm³/mol. The molecule has 3 aromatic rings. The van der Waals surface area contributed by atoms with Crippen molar-refractivity contribution in [2.75, 3.05) is 18.3 Å². The maximum absolute atomic E-state index is 13.4. The first-order valence-corrected chi connectivity index (χ1v) is 10.5. The van der Waals surface area contributed by atoms with Crippen molar-refractivity contribution in [2.45, 2.75) is 19.0 Å². The van der Waals surface area contributed by atoms with Crippen LogP contribution in [0.1, 0.15) is 34.6 Å². The van der Waals surface area contributed by atoms with E-state index in [0.717, 1.165) is 16.9 Å². The quantitative estimate of drug-likeness (QED) is 0.602. The molecule has 2 bridgehead atoms. The maximum Gasteiger partial charge on any atom is 0.278 e. The third-order valence-corrected chi connectivity index (χ3v) is 5.96. The second-order valence-corrected chi connectivity index (χ2v) is 7.91. The van der Waals surface area contributed by atoms with E-state index in [1.807, 2.05) is 78.7 Å². The van der Waals surface area contributed by atoms with Gasteiger partial charge in [-0.1, -0.05) is 54.6 Å². The number of carbonyl (C=O) groups excluding carboxylic acids is 1. The molecule has 1 N–H and O–H groups in total. The van der Waals surface area contributed by atoms with E-state index in [1.54, 1.807) is 15.8 Å². The lowest BCUT2D eigenvalue weighted by Gasteiger charge is -2.45. The number of aromatic nitrogens is 1. The molecule has 0 fully saturated rings. The van der Waals surface area contributed by atoms with E-state index < -0.39 is 17.1 Å². The number of amides is 1. The van der Waals surface area contributed by atoms with E-state index in [0.29, 0.717) is 6.61 Å². The fourth-order valence-electron chi connectivity index (χ4n) is 4.35. The number of nitrogens with zero attached hydrogens (tertiary/aromatic N) is 3. The smallest absolute Gasteiger partial charge is 0.278 e. The summed E-state index contributed by atoms with van der Waals surface area (Å²) < 4.78 is 7.70. The van der Waals surface area contributed by atoms with Gasteiger partial charge in [0.2, 0.25) is 5.43 Å². The molecule has 2 atom stereocenters. The zero-order valence-corrected chi connectivity index (χ0v) is 17.6. The monoisotopic (exact) mass is 429 g/mol. The Bertz CT molecular complexity index is 1250. The third-order valence-electron chi connectivity index (χ3n) is 5.96. The molecule has 32 heavy (non-hydrogen) atoms. The van der Waals surface area contributed by atoms with Crippen LogP contribution >= 0.6 is 0 Å². The van der Waals surface area contributed by atoms with Gasteiger partial charge in [0.05, 0.1) is 0 Å². The van der Waals surface area contributed by atoms with Crippen LogP contribution in [0.15, 0.2) is 83.8 Å². The minimum atomic E-state index is -0.584. The number of aromatic hydroxyl groups is 1. The van der Waals surface area contributed by atoms with Crippen molar-refractivity contribution in [1.29, 1.82) is 0 Å². The van der Waals surface area contributed by atoms with Crippen LogP contribution in [0.4, 0.5) is 0 Å². The topological polar surface area (TPSA) is 75.0 Å². The Labute approximate surface area is 185 Å². The van der Waals surface area contributed by atoms with Gasteiger partial charge in [0.1, 0.15) is 25.1 Å². The van der Waals surface area contributed by atoms with Crippen molar-refractivity contribution in [2.24, 2.45) is 0 Å². The van der Waals surface area contributed by atoms with Crippen LogP contribution in [0, 0.1) is 0 Å². The second kappa shape index (κ2) is 7.92. The lowest BCUT2D eigenvalue weighted by Crippen LogP contribution is -2.57. The average molecular weight is 429 g/mol. The Balaban J connectivity index is 1.81. The number of fused-ring (bicyclic) bond motifs is 5. The summed E-state index contributed by atoms with van der Waals surface area (Å²) in [6, 6.07) is 18.4. The fourth-order valence-corrected chi connectivity index (χ4v) is 4.35. The molecule has 0 saturated heterocycles. The van der Waals surface area contributed by atoms with Gasteiger partial charge in [-0.15, -0.1) is 0 Å². The first-order chi connectivity index (χ1) is 15.6. The Morgan fingerprint density at radius 2 is 1.75 bits per heavy atom. The van der Waals surface area contributed by atoms with Crippen molar-refractivity contribution in [1.82, 2.24) is 9.58 Å². The molecule has 2 aliphatic rings. The van der Waals surface area contributed by atoms with Gasteiger partial charge in [-0.05, 0) is 24.6 Å². The van der Waals surface area contributed by atoms with Gasteiger partial charge in [-0.3, -0.25) is 19.3 Å². The third kappa shape index (κ3) is 3.22. The molecule has 2 aromatic carbocycles. The summed E-state index contributed by atoms with van der Waals surface area (Å²) in [7, 11) is 0. The average Bonchev–Trinajstić information content (AvgIpc) is 2.83. The van der Waals surface area contributed by atoms with Crippen molar-refractivity contribution >= 4 is 5.91 Å². The molecule has 1 aromatic heterocycles. The summed E-state index contributed by atoms with van der Waals surface area (Å²) in [5, 5.41) is 12.6. The molecule has 7 heteroatoms. The first-order valence-electron chi connectivity index (χ1n) is 10.5. The van der Waals surface area contributed by atoms with Crippen molar-refractivity contribution in [3.63, 3.8) is 0 Å². The van der Waals surface area contributed by atoms with Gasteiger partial charge in [0, 0.05) is 23.9 Å². The van der Waals surface area contributed by atoms with Crippen LogP contribution in [-0.4, -0.2) is 39.9 Å². The normalized spacial score (nSPS) is 21.1. The Hall–Kier alpha value is -4.00. The summed E-state index contributed by atoms with van der Waals surface area (Å²) in [6.07, 6.45) is 5.33. The summed E-state index contributed by atoms with van der Waals surface area (Å²) in [5.74, 6) is -0.209. The van der Waals surface area contributed by atoms with Gasteiger partial charge in [0.15, 0.2) is 11.4 Å². The van der Waals surface area contributed by atoms with Crippen molar-refractivity contribution in [3.8, 4) is 11.5 Å². The number of rotatable bonds is 1. The molecular formula is C25H23N3O4. The minimum absolute atomic E-state index is 0.0393. The molecular weight excluding hydrogens is 406 g/mol. The SMILES string of the molecule is C[C@@H]1/C=C/COc2ccccc2[C@H](c2ccccc2)N2CN1C(=O)c1c(O)c(=O)ccn12. The molecule has 0 unspecified atom stereocenters. The first kappa shape index (κ1) is 19.9. The Kier molecular flexibility index (Phi) is 4.93. The van der Waals surface area contributed by atoms with Crippen LogP contribution in [0.3, 0.4) is 0 Å². The largest absolute Gasteiger partial charge is 0.502 e. The Morgan fingerprint density at radius 3 is 2.56 bits per heavy atom. The van der Waals surface area contributed by atoms with E-state index in [2.05, 4.69) is 0 Å². The number of carbonyl (C=O) groups is 1. The maximum atomic E-state index is 13.4. The van der Waals surface area contributed by atoms with Crippen molar-refractivity contribution in [3.05, 3.63) is 106 Å². The second-order valence-electron chi connectivity index (χ2n) is 7.91. The standard InChI is InChI=1S/C25H23N3O4/c1-17-8-7-15-32-21-12-6-5-11-19(21)22(18-9-3-2-4-10-18)28-16-26(17)25(31)23-24(30)20(29)13-14-27(23)28/h2-14,17,22,30H,15-16H2,1H3/b8-7+/t17-,22+/m1/s1. The van der Waals surface area contributed by atoms with Gasteiger partial charge in [0.25, 0.3) is 5.91 Å². The molecule has 1 amide bonds. The van der Waals surface area contributed by atoms with E-state index >= 15 is 0 Å². The van der Waals surface area contributed by atoms with Gasteiger partial charge < -0.3 is 14.7 Å². The van der Waals surface area contributed by atoms with Crippen molar-refractivity contribution < 1.29 is 14.6 Å². The number of hydrogen-bond donors (Lipinski definition) is 1. The highest BCUT2D eigenvalue weighted by Crippen LogP contribution is 2.37. The van der Waals surface area contributed by atoms with Gasteiger partial charge in [-0.2, -0.15) is 0 Å². The molecule has 0 aliphatic carbocycles. The lowest BCUT2D eigenvalue weighted by atomic mass is 9.97. The minimum Gasteiger partial charge on any atom is -0.502 e. The summed E-state index contributed by atoms with van der Waals surface area (Å²) in [4.78, 5) is 27.2. The molecule has 162 valence electrons. The molecule has 0 saturated carbocycles. The highest BCUT2D eigenvalue weighted by Gasteiger charge is 2.38. The van der Waals surface area contributed by atoms with E-state index in [-0.39, 0.29) is 24.4 Å². The molecule has 3 heterocycles. The zero-order chi connectivity index (χ0) is 22.2. The number of para-hydroxylation sites is 1. The molecule has 5 rings (SSSR count). The zero-order valence-electron chi connectivity index (χ0n) is 17.6. The molecule has 7 nitrogen and oxygen atoms in total. The Morgan fingerprint density at radius 1 is 1.00 bits per heavy atom. The van der Waals surface area contributed by atoms with E-state index in [1.165, 1.54) is 6.07 Å².